The Balaban J connectivity index is 1.77. The summed E-state index contributed by atoms with van der Waals surface area (Å²) in [6.45, 7) is 6.06. The molecule has 1 heterocycles. The summed E-state index contributed by atoms with van der Waals surface area (Å²) in [5.74, 6) is -0.506. The second kappa shape index (κ2) is 11.3. The highest BCUT2D eigenvalue weighted by Crippen LogP contribution is 2.27. The fourth-order valence-corrected chi connectivity index (χ4v) is 3.96. The Bertz CT molecular complexity index is 914. The summed E-state index contributed by atoms with van der Waals surface area (Å²) in [7, 11) is 1.60. The van der Waals surface area contributed by atoms with Gasteiger partial charge in [0.2, 0.25) is 5.91 Å². The van der Waals surface area contributed by atoms with Crippen molar-refractivity contribution in [2.24, 2.45) is 11.8 Å². The van der Waals surface area contributed by atoms with Gasteiger partial charge in [-0.05, 0) is 42.5 Å². The number of benzene rings is 2. The molecule has 3 rings (SSSR count). The van der Waals surface area contributed by atoms with Crippen LogP contribution in [0.15, 0.2) is 54.6 Å². The average molecular weight is 456 g/mol. The summed E-state index contributed by atoms with van der Waals surface area (Å²) in [5, 5.41) is 11.2. The summed E-state index contributed by atoms with van der Waals surface area (Å²) >= 11 is 0. The Morgan fingerprint density at radius 2 is 1.76 bits per heavy atom. The van der Waals surface area contributed by atoms with Crippen LogP contribution in [0.2, 0.25) is 0 Å². The molecule has 0 radical (unpaired) electrons. The number of cyclic esters (lactones) is 1. The summed E-state index contributed by atoms with van der Waals surface area (Å²) in [4.78, 5) is 27.1. The van der Waals surface area contributed by atoms with Crippen molar-refractivity contribution in [2.45, 2.75) is 52.0 Å². The third kappa shape index (κ3) is 6.12. The number of hydrogen-bond donors (Lipinski definition) is 1. The van der Waals surface area contributed by atoms with E-state index in [0.717, 1.165) is 16.9 Å². The predicted molar refractivity (Wildman–Crippen MR) is 124 cm³/mol. The number of carbonyl (C=O) groups excluding carboxylic acids is 2. The average Bonchev–Trinajstić information content (AvgIpc) is 3.22. The van der Waals surface area contributed by atoms with Gasteiger partial charge in [-0.3, -0.25) is 4.79 Å². The summed E-state index contributed by atoms with van der Waals surface area (Å²) < 4.78 is 16.3. The molecule has 2 aromatic rings. The maximum absolute atomic E-state index is 13.6. The molecule has 2 aromatic carbocycles. The van der Waals surface area contributed by atoms with Gasteiger partial charge in [-0.15, -0.1) is 0 Å². The van der Waals surface area contributed by atoms with Gasteiger partial charge in [0, 0.05) is 0 Å². The zero-order chi connectivity index (χ0) is 24.0. The fraction of sp³-hybridized carbons (Fsp3) is 0.462. The van der Waals surface area contributed by atoms with E-state index in [-0.39, 0.29) is 31.6 Å². The molecule has 1 aliphatic heterocycles. The van der Waals surface area contributed by atoms with E-state index in [1.807, 2.05) is 68.4 Å². The third-order valence-electron chi connectivity index (χ3n) is 6.09. The molecule has 1 N–H and O–H groups in total. The first-order chi connectivity index (χ1) is 15.8. The van der Waals surface area contributed by atoms with E-state index in [2.05, 4.69) is 0 Å². The number of hydrogen-bond acceptors (Lipinski definition) is 6. The third-order valence-corrected chi connectivity index (χ3v) is 6.09. The van der Waals surface area contributed by atoms with Gasteiger partial charge >= 0.3 is 6.09 Å². The lowest BCUT2D eigenvalue weighted by Crippen LogP contribution is -2.50. The Kier molecular flexibility index (Phi) is 8.47. The van der Waals surface area contributed by atoms with Crippen LogP contribution >= 0.6 is 0 Å². The number of carbonyl (C=O) groups is 2. The van der Waals surface area contributed by atoms with E-state index in [4.69, 9.17) is 14.2 Å². The molecule has 1 saturated heterocycles. The van der Waals surface area contributed by atoms with Gasteiger partial charge in [-0.2, -0.15) is 0 Å². The minimum atomic E-state index is -1.11. The molecule has 0 aliphatic carbocycles. The van der Waals surface area contributed by atoms with Crippen LogP contribution in [0.3, 0.4) is 0 Å². The van der Waals surface area contributed by atoms with Crippen LogP contribution in [0.1, 0.15) is 31.9 Å². The Morgan fingerprint density at radius 1 is 1.09 bits per heavy atom. The van der Waals surface area contributed by atoms with Crippen molar-refractivity contribution in [1.29, 1.82) is 0 Å². The molecule has 2 amide bonds. The largest absolute Gasteiger partial charge is 0.497 e. The van der Waals surface area contributed by atoms with Gasteiger partial charge in [-0.1, -0.05) is 56.3 Å². The van der Waals surface area contributed by atoms with Crippen LogP contribution in [-0.4, -0.2) is 54.0 Å². The second-order valence-corrected chi connectivity index (χ2v) is 8.75. The standard InChI is InChI=1S/C26H33NO6/c1-17(2)23-16-33-26(30)27(23)25(29)22(14-19-8-6-5-7-9-19)24(28)18(3)32-15-20-10-12-21(31-4)13-11-20/h5-13,17-18,22-24,28H,14-16H2,1-4H3/t18-,22+,23?,24-/m0/s1. The van der Waals surface area contributed by atoms with E-state index in [1.54, 1.807) is 14.0 Å². The summed E-state index contributed by atoms with van der Waals surface area (Å²) in [6, 6.07) is 16.6. The maximum atomic E-state index is 13.6. The minimum Gasteiger partial charge on any atom is -0.497 e. The molecule has 4 atom stereocenters. The van der Waals surface area contributed by atoms with Crippen molar-refractivity contribution < 1.29 is 28.9 Å². The van der Waals surface area contributed by atoms with Crippen molar-refractivity contribution in [3.63, 3.8) is 0 Å². The van der Waals surface area contributed by atoms with Crippen molar-refractivity contribution in [3.05, 3.63) is 65.7 Å². The van der Waals surface area contributed by atoms with Crippen molar-refractivity contribution in [2.75, 3.05) is 13.7 Å². The van der Waals surface area contributed by atoms with Crippen LogP contribution in [0, 0.1) is 11.8 Å². The monoisotopic (exact) mass is 455 g/mol. The molecule has 7 nitrogen and oxygen atoms in total. The number of ether oxygens (including phenoxy) is 3. The highest BCUT2D eigenvalue weighted by Gasteiger charge is 2.44. The molecule has 7 heteroatoms. The van der Waals surface area contributed by atoms with Crippen molar-refractivity contribution in [3.8, 4) is 5.75 Å². The first-order valence-electron chi connectivity index (χ1n) is 11.3. The molecule has 1 unspecified atom stereocenters. The van der Waals surface area contributed by atoms with Crippen LogP contribution in [0.25, 0.3) is 0 Å². The number of aliphatic hydroxyl groups is 1. The molecule has 0 spiro atoms. The number of nitrogens with zero attached hydrogens (tertiary/aromatic N) is 1. The van der Waals surface area contributed by atoms with Crippen LogP contribution < -0.4 is 4.74 Å². The molecule has 33 heavy (non-hydrogen) atoms. The number of rotatable bonds is 10. The zero-order valence-corrected chi connectivity index (χ0v) is 19.6. The van der Waals surface area contributed by atoms with Gasteiger partial charge in [0.05, 0.1) is 37.9 Å². The van der Waals surface area contributed by atoms with Crippen molar-refractivity contribution in [1.82, 2.24) is 4.90 Å². The minimum absolute atomic E-state index is 0.0404. The summed E-state index contributed by atoms with van der Waals surface area (Å²) in [6.07, 6.45) is -2.13. The Hall–Kier alpha value is -2.90. The molecule has 178 valence electrons. The molecule has 0 saturated carbocycles. The first-order valence-corrected chi connectivity index (χ1v) is 11.3. The number of methoxy groups -OCH3 is 1. The Morgan fingerprint density at radius 3 is 2.36 bits per heavy atom. The molecule has 1 aliphatic rings. The van der Waals surface area contributed by atoms with Crippen LogP contribution in [0.5, 0.6) is 5.75 Å². The van der Waals surface area contributed by atoms with Gasteiger partial charge in [-0.25, -0.2) is 9.69 Å². The zero-order valence-electron chi connectivity index (χ0n) is 19.6. The van der Waals surface area contributed by atoms with E-state index in [9.17, 15) is 14.7 Å². The van der Waals surface area contributed by atoms with E-state index >= 15 is 0 Å². The lowest BCUT2D eigenvalue weighted by Gasteiger charge is -2.31. The molecule has 0 bridgehead atoms. The van der Waals surface area contributed by atoms with Crippen LogP contribution in [-0.2, 0) is 27.3 Å². The van der Waals surface area contributed by atoms with Gasteiger partial charge < -0.3 is 19.3 Å². The van der Waals surface area contributed by atoms with Gasteiger partial charge in [0.1, 0.15) is 12.4 Å². The molecular formula is C26H33NO6. The second-order valence-electron chi connectivity index (χ2n) is 8.75. The van der Waals surface area contributed by atoms with E-state index in [1.165, 1.54) is 4.90 Å². The van der Waals surface area contributed by atoms with Gasteiger partial charge in [0.25, 0.3) is 0 Å². The van der Waals surface area contributed by atoms with E-state index in [0.29, 0.717) is 0 Å². The molecule has 0 aromatic heterocycles. The topological polar surface area (TPSA) is 85.3 Å². The van der Waals surface area contributed by atoms with Gasteiger partial charge in [0.15, 0.2) is 0 Å². The lowest BCUT2D eigenvalue weighted by atomic mass is 9.89. The van der Waals surface area contributed by atoms with Crippen molar-refractivity contribution >= 4 is 12.0 Å². The number of amides is 2. The molecule has 1 fully saturated rings. The first kappa shape index (κ1) is 24.7. The quantitative estimate of drug-likeness (QED) is 0.586. The smallest absolute Gasteiger partial charge is 0.416 e. The number of aliphatic hydroxyl groups excluding tert-OH is 1. The van der Waals surface area contributed by atoms with Crippen LogP contribution in [0.4, 0.5) is 4.79 Å². The molecular weight excluding hydrogens is 422 g/mol. The maximum Gasteiger partial charge on any atom is 0.416 e. The summed E-state index contributed by atoms with van der Waals surface area (Å²) in [5.41, 5.74) is 1.81. The Labute approximate surface area is 195 Å². The normalized spacial score (nSPS) is 18.7. The predicted octanol–water partition coefficient (Wildman–Crippen LogP) is 3.82. The number of imide groups is 1. The SMILES string of the molecule is COc1ccc(CO[C@@H](C)[C@H](O)[C@@H](Cc2ccccc2)C(=O)N2C(=O)OCC2C(C)C)cc1. The van der Waals surface area contributed by atoms with E-state index < -0.39 is 30.1 Å². The highest BCUT2D eigenvalue weighted by atomic mass is 16.6. The fourth-order valence-electron chi connectivity index (χ4n) is 3.96. The highest BCUT2D eigenvalue weighted by molar-refractivity contribution is 5.95. The lowest BCUT2D eigenvalue weighted by molar-refractivity contribution is -0.143.